The Morgan fingerprint density at radius 2 is 1.72 bits per heavy atom. The molecular weight excluding hydrogens is 392 g/mol. The van der Waals surface area contributed by atoms with Gasteiger partial charge in [-0.2, -0.15) is 0 Å². The number of aliphatic hydroxyl groups is 5. The quantitative estimate of drug-likeness (QED) is 0.234. The zero-order valence-electron chi connectivity index (χ0n) is 16.8. The van der Waals surface area contributed by atoms with Crippen molar-refractivity contribution in [2.24, 2.45) is 5.92 Å². The molecule has 1 aliphatic heterocycles. The SMILES string of the molecule is CCC(=O)OC1C(OC(=O)[C@H](C)CC)[C@H](O)C(CO)O[C@H]1OC[C@@H](O)[C@@H](O)CO. The van der Waals surface area contributed by atoms with Crippen LogP contribution < -0.4 is 0 Å². The predicted molar refractivity (Wildman–Crippen MR) is 96.3 cm³/mol. The number of rotatable bonds is 11. The van der Waals surface area contributed by atoms with Crippen molar-refractivity contribution in [1.82, 2.24) is 0 Å². The van der Waals surface area contributed by atoms with Gasteiger partial charge >= 0.3 is 11.9 Å². The molecule has 1 rings (SSSR count). The Labute approximate surface area is 169 Å². The Kier molecular flexibility index (Phi) is 11.0. The fourth-order valence-corrected chi connectivity index (χ4v) is 2.51. The van der Waals surface area contributed by atoms with Crippen molar-refractivity contribution in [3.05, 3.63) is 0 Å². The average molecular weight is 424 g/mol. The molecule has 11 nitrogen and oxygen atoms in total. The summed E-state index contributed by atoms with van der Waals surface area (Å²) in [6.07, 6.45) is -9.40. The van der Waals surface area contributed by atoms with Gasteiger partial charge in [-0.25, -0.2) is 0 Å². The molecule has 0 aromatic heterocycles. The standard InChI is InChI=1S/C18H32O11/c1-4-9(3)17(25)29-15-14(24)12(7-20)27-18(16(15)28-13(23)5-2)26-8-11(22)10(21)6-19/h9-12,14-16,18-22,24H,4-8H2,1-3H3/t9-,10+,11-,12?,14-,15?,16?,18-/m1/s1. The molecule has 1 fully saturated rings. The molecule has 3 unspecified atom stereocenters. The smallest absolute Gasteiger partial charge is 0.309 e. The largest absolute Gasteiger partial charge is 0.455 e. The number of carbonyl (C=O) groups excluding carboxylic acids is 2. The molecule has 0 aromatic carbocycles. The van der Waals surface area contributed by atoms with E-state index >= 15 is 0 Å². The number of ether oxygens (including phenoxy) is 4. The van der Waals surface area contributed by atoms with E-state index in [4.69, 9.17) is 24.1 Å². The highest BCUT2D eigenvalue weighted by atomic mass is 16.7. The van der Waals surface area contributed by atoms with Crippen LogP contribution in [0.25, 0.3) is 0 Å². The van der Waals surface area contributed by atoms with Crippen LogP contribution in [0.3, 0.4) is 0 Å². The highest BCUT2D eigenvalue weighted by molar-refractivity contribution is 5.72. The summed E-state index contributed by atoms with van der Waals surface area (Å²) in [5.41, 5.74) is 0. The molecule has 29 heavy (non-hydrogen) atoms. The van der Waals surface area contributed by atoms with Gasteiger partial charge in [-0.15, -0.1) is 0 Å². The minimum atomic E-state index is -1.50. The van der Waals surface area contributed by atoms with Gasteiger partial charge in [0.05, 0.1) is 25.7 Å². The molecule has 8 atom stereocenters. The summed E-state index contributed by atoms with van der Waals surface area (Å²) in [6.45, 7) is 3.07. The highest BCUT2D eigenvalue weighted by Crippen LogP contribution is 2.28. The van der Waals surface area contributed by atoms with Gasteiger partial charge in [0.15, 0.2) is 18.5 Å². The Balaban J connectivity index is 3.07. The molecule has 11 heteroatoms. The average Bonchev–Trinajstić information content (AvgIpc) is 2.73. The Bertz CT molecular complexity index is 514. The van der Waals surface area contributed by atoms with Crippen molar-refractivity contribution in [2.75, 3.05) is 19.8 Å². The zero-order valence-corrected chi connectivity index (χ0v) is 16.8. The number of aliphatic hydroxyl groups excluding tert-OH is 5. The van der Waals surface area contributed by atoms with Crippen LogP contribution in [-0.4, -0.2) is 100 Å². The Morgan fingerprint density at radius 3 is 2.24 bits per heavy atom. The first kappa shape index (κ1) is 25.7. The van der Waals surface area contributed by atoms with E-state index in [9.17, 15) is 30.0 Å². The maximum atomic E-state index is 12.3. The van der Waals surface area contributed by atoms with Crippen molar-refractivity contribution < 1.29 is 54.1 Å². The maximum absolute atomic E-state index is 12.3. The lowest BCUT2D eigenvalue weighted by atomic mass is 9.98. The summed E-state index contributed by atoms with van der Waals surface area (Å²) >= 11 is 0. The normalized spacial score (nSPS) is 30.3. The van der Waals surface area contributed by atoms with Crippen molar-refractivity contribution in [2.45, 2.75) is 76.5 Å². The van der Waals surface area contributed by atoms with Gasteiger partial charge in [-0.3, -0.25) is 9.59 Å². The lowest BCUT2D eigenvalue weighted by molar-refractivity contribution is -0.311. The maximum Gasteiger partial charge on any atom is 0.309 e. The van der Waals surface area contributed by atoms with E-state index in [0.29, 0.717) is 6.42 Å². The summed E-state index contributed by atoms with van der Waals surface area (Å²) in [5.74, 6) is -1.80. The van der Waals surface area contributed by atoms with E-state index in [1.165, 1.54) is 6.92 Å². The number of esters is 2. The van der Waals surface area contributed by atoms with Gasteiger partial charge in [-0.1, -0.05) is 20.8 Å². The first-order chi connectivity index (χ1) is 13.7. The Hall–Kier alpha value is -1.34. The van der Waals surface area contributed by atoms with E-state index in [-0.39, 0.29) is 6.42 Å². The van der Waals surface area contributed by atoms with Crippen molar-refractivity contribution in [3.8, 4) is 0 Å². The van der Waals surface area contributed by atoms with Gasteiger partial charge in [0.2, 0.25) is 0 Å². The van der Waals surface area contributed by atoms with Crippen molar-refractivity contribution in [1.29, 1.82) is 0 Å². The Morgan fingerprint density at radius 1 is 1.07 bits per heavy atom. The summed E-state index contributed by atoms with van der Waals surface area (Å²) in [6, 6.07) is 0. The van der Waals surface area contributed by atoms with E-state index in [0.717, 1.165) is 0 Å². The van der Waals surface area contributed by atoms with Gasteiger partial charge in [-0.05, 0) is 6.42 Å². The summed E-state index contributed by atoms with van der Waals surface area (Å²) in [4.78, 5) is 24.1. The van der Waals surface area contributed by atoms with Crippen LogP contribution in [0.15, 0.2) is 0 Å². The topological polar surface area (TPSA) is 172 Å². The van der Waals surface area contributed by atoms with Crippen LogP contribution in [-0.2, 0) is 28.5 Å². The second kappa shape index (κ2) is 12.4. The molecule has 0 radical (unpaired) electrons. The third-order valence-electron chi connectivity index (χ3n) is 4.68. The molecule has 170 valence electrons. The number of hydrogen-bond acceptors (Lipinski definition) is 11. The first-order valence-corrected chi connectivity index (χ1v) is 9.62. The molecule has 0 amide bonds. The predicted octanol–water partition coefficient (Wildman–Crippen LogP) is -1.93. The number of hydrogen-bond donors (Lipinski definition) is 5. The van der Waals surface area contributed by atoms with Gasteiger partial charge in [0, 0.05) is 6.42 Å². The van der Waals surface area contributed by atoms with E-state index in [2.05, 4.69) is 0 Å². The molecule has 1 heterocycles. The minimum absolute atomic E-state index is 0.0133. The van der Waals surface area contributed by atoms with Crippen molar-refractivity contribution in [3.63, 3.8) is 0 Å². The molecule has 0 aromatic rings. The van der Waals surface area contributed by atoms with Gasteiger partial charge in [0.25, 0.3) is 0 Å². The van der Waals surface area contributed by atoms with Crippen LogP contribution in [0.1, 0.15) is 33.6 Å². The molecule has 0 aliphatic carbocycles. The van der Waals surface area contributed by atoms with Crippen LogP contribution >= 0.6 is 0 Å². The summed E-state index contributed by atoms with van der Waals surface area (Å²) in [5, 5.41) is 48.1. The van der Waals surface area contributed by atoms with Crippen molar-refractivity contribution >= 4 is 11.9 Å². The van der Waals surface area contributed by atoms with Crippen LogP contribution in [0.2, 0.25) is 0 Å². The van der Waals surface area contributed by atoms with E-state index in [1.807, 2.05) is 0 Å². The lowest BCUT2D eigenvalue weighted by Gasteiger charge is -2.43. The molecule has 0 spiro atoms. The first-order valence-electron chi connectivity index (χ1n) is 9.62. The van der Waals surface area contributed by atoms with Crippen LogP contribution in [0.4, 0.5) is 0 Å². The third-order valence-corrected chi connectivity index (χ3v) is 4.68. The monoisotopic (exact) mass is 424 g/mol. The zero-order chi connectivity index (χ0) is 22.1. The molecule has 1 saturated heterocycles. The molecule has 0 bridgehead atoms. The fraction of sp³-hybridized carbons (Fsp3) is 0.889. The van der Waals surface area contributed by atoms with Crippen LogP contribution in [0, 0.1) is 5.92 Å². The summed E-state index contributed by atoms with van der Waals surface area (Å²) < 4.78 is 21.4. The second-order valence-corrected chi connectivity index (χ2v) is 6.89. The minimum Gasteiger partial charge on any atom is -0.455 e. The third kappa shape index (κ3) is 7.14. The second-order valence-electron chi connectivity index (χ2n) is 6.89. The lowest BCUT2D eigenvalue weighted by Crippen LogP contribution is -2.62. The summed E-state index contributed by atoms with van der Waals surface area (Å²) in [7, 11) is 0. The van der Waals surface area contributed by atoms with E-state index < -0.39 is 80.6 Å². The highest BCUT2D eigenvalue weighted by Gasteiger charge is 2.50. The van der Waals surface area contributed by atoms with Crippen LogP contribution in [0.5, 0.6) is 0 Å². The molecular formula is C18H32O11. The molecule has 5 N–H and O–H groups in total. The molecule has 0 saturated carbocycles. The van der Waals surface area contributed by atoms with E-state index in [1.54, 1.807) is 13.8 Å². The fourth-order valence-electron chi connectivity index (χ4n) is 2.51. The number of carbonyl (C=O) groups is 2. The van der Waals surface area contributed by atoms with Gasteiger partial charge < -0.3 is 44.5 Å². The molecule has 1 aliphatic rings. The van der Waals surface area contributed by atoms with Gasteiger partial charge in [0.1, 0.15) is 24.4 Å².